The van der Waals surface area contributed by atoms with Crippen molar-refractivity contribution < 1.29 is 13.2 Å². The smallest absolute Gasteiger partial charge is 0.328 e. The summed E-state index contributed by atoms with van der Waals surface area (Å²) in [6.07, 6.45) is -3.35. The molecule has 0 unspecified atom stereocenters. The highest BCUT2D eigenvalue weighted by Crippen LogP contribution is 2.33. The molecule has 2 rings (SSSR count). The first kappa shape index (κ1) is 20.2. The Morgan fingerprint density at radius 1 is 1.21 bits per heavy atom. The molecule has 1 N–H and O–H groups in total. The van der Waals surface area contributed by atoms with Crippen LogP contribution in [0.2, 0.25) is 0 Å². The van der Waals surface area contributed by atoms with E-state index in [0.29, 0.717) is 12.4 Å². The Balaban J connectivity index is 0.00000139. The number of aromatic nitrogens is 2. The van der Waals surface area contributed by atoms with Crippen LogP contribution in [-0.4, -0.2) is 16.6 Å². The highest BCUT2D eigenvalue weighted by Gasteiger charge is 2.35. The monoisotopic (exact) mass is 341 g/mol. The van der Waals surface area contributed by atoms with Gasteiger partial charge in [0, 0.05) is 24.3 Å². The molecule has 0 saturated heterocycles. The Hall–Kier alpha value is -1.82. The standard InChI is InChI=1S/C16H20F3N3.C2H6/c1-10(2)22-9-14(16(17,18)19)21-15(22)13-6-5-12(8-20-4)7-11(13)3;1-2/h5-7,9-10,20H,8H2,1-4H3;1-2H3. The summed E-state index contributed by atoms with van der Waals surface area (Å²) in [5, 5.41) is 3.05. The van der Waals surface area contributed by atoms with Crippen LogP contribution in [0.5, 0.6) is 0 Å². The van der Waals surface area contributed by atoms with E-state index >= 15 is 0 Å². The van der Waals surface area contributed by atoms with E-state index in [1.807, 2.05) is 59.9 Å². The van der Waals surface area contributed by atoms with Crippen LogP contribution in [-0.2, 0) is 12.7 Å². The van der Waals surface area contributed by atoms with Gasteiger partial charge < -0.3 is 9.88 Å². The molecule has 0 atom stereocenters. The van der Waals surface area contributed by atoms with Crippen LogP contribution in [0.3, 0.4) is 0 Å². The van der Waals surface area contributed by atoms with Crippen molar-refractivity contribution in [2.45, 2.75) is 53.4 Å². The van der Waals surface area contributed by atoms with Crippen molar-refractivity contribution >= 4 is 0 Å². The number of aryl methyl sites for hydroxylation is 1. The Morgan fingerprint density at radius 3 is 2.29 bits per heavy atom. The number of hydrogen-bond donors (Lipinski definition) is 1. The molecule has 24 heavy (non-hydrogen) atoms. The maximum atomic E-state index is 12.9. The van der Waals surface area contributed by atoms with E-state index in [1.54, 1.807) is 4.57 Å². The molecule has 0 fully saturated rings. The third-order valence-electron chi connectivity index (χ3n) is 3.49. The Labute approximate surface area is 141 Å². The zero-order chi connectivity index (χ0) is 18.5. The first-order valence-corrected chi connectivity index (χ1v) is 8.14. The molecule has 0 amide bonds. The molecule has 0 radical (unpaired) electrons. The molecular formula is C18H26F3N3. The molecule has 2 aromatic rings. The molecule has 3 nitrogen and oxygen atoms in total. The fourth-order valence-corrected chi connectivity index (χ4v) is 2.41. The highest BCUT2D eigenvalue weighted by molar-refractivity contribution is 5.62. The topological polar surface area (TPSA) is 29.9 Å². The van der Waals surface area contributed by atoms with Crippen molar-refractivity contribution in [1.82, 2.24) is 14.9 Å². The lowest BCUT2D eigenvalue weighted by Gasteiger charge is -2.13. The molecule has 1 aromatic carbocycles. The fourth-order valence-electron chi connectivity index (χ4n) is 2.41. The van der Waals surface area contributed by atoms with Gasteiger partial charge in [-0.2, -0.15) is 13.2 Å². The van der Waals surface area contributed by atoms with Crippen molar-refractivity contribution in [2.24, 2.45) is 0 Å². The van der Waals surface area contributed by atoms with Gasteiger partial charge in [-0.05, 0) is 38.9 Å². The molecule has 0 bridgehead atoms. The summed E-state index contributed by atoms with van der Waals surface area (Å²) in [7, 11) is 1.85. The van der Waals surface area contributed by atoms with Crippen LogP contribution < -0.4 is 5.32 Å². The molecule has 0 aliphatic rings. The van der Waals surface area contributed by atoms with Crippen molar-refractivity contribution in [1.29, 1.82) is 0 Å². The summed E-state index contributed by atoms with van der Waals surface area (Å²) in [6.45, 7) is 10.3. The normalized spacial score (nSPS) is 11.4. The molecule has 134 valence electrons. The molecule has 0 spiro atoms. The third kappa shape index (κ3) is 4.60. The summed E-state index contributed by atoms with van der Waals surface area (Å²) in [5.74, 6) is 0.357. The van der Waals surface area contributed by atoms with Gasteiger partial charge in [-0.1, -0.05) is 32.0 Å². The van der Waals surface area contributed by atoms with Gasteiger partial charge in [0.15, 0.2) is 5.69 Å². The predicted octanol–water partition coefficient (Wildman–Crippen LogP) is 5.20. The number of nitrogens with one attached hydrogen (secondary N) is 1. The summed E-state index contributed by atoms with van der Waals surface area (Å²) in [6, 6.07) is 5.61. The van der Waals surface area contributed by atoms with Crippen LogP contribution in [0, 0.1) is 6.92 Å². The van der Waals surface area contributed by atoms with E-state index in [9.17, 15) is 13.2 Å². The van der Waals surface area contributed by atoms with Crippen molar-refractivity contribution in [3.63, 3.8) is 0 Å². The number of halogens is 3. The number of nitrogens with zero attached hydrogens (tertiary/aromatic N) is 2. The zero-order valence-electron chi connectivity index (χ0n) is 15.1. The van der Waals surface area contributed by atoms with Gasteiger partial charge in [0.1, 0.15) is 5.82 Å². The van der Waals surface area contributed by atoms with Crippen LogP contribution in [0.4, 0.5) is 13.2 Å². The van der Waals surface area contributed by atoms with E-state index in [2.05, 4.69) is 10.3 Å². The summed E-state index contributed by atoms with van der Waals surface area (Å²) >= 11 is 0. The summed E-state index contributed by atoms with van der Waals surface area (Å²) in [5.41, 5.74) is 1.87. The molecule has 1 aromatic heterocycles. The summed E-state index contributed by atoms with van der Waals surface area (Å²) in [4.78, 5) is 3.83. The second-order valence-electron chi connectivity index (χ2n) is 5.63. The largest absolute Gasteiger partial charge is 0.434 e. The van der Waals surface area contributed by atoms with Crippen molar-refractivity contribution in [3.8, 4) is 11.4 Å². The van der Waals surface area contributed by atoms with E-state index in [1.165, 1.54) is 0 Å². The quantitative estimate of drug-likeness (QED) is 0.828. The van der Waals surface area contributed by atoms with Gasteiger partial charge in [-0.3, -0.25) is 0 Å². The third-order valence-corrected chi connectivity index (χ3v) is 3.49. The minimum atomic E-state index is -4.44. The SMILES string of the molecule is CC.CNCc1ccc(-c2nc(C(F)(F)F)cn2C(C)C)c(C)c1. The van der Waals surface area contributed by atoms with Gasteiger partial charge in [-0.15, -0.1) is 0 Å². The van der Waals surface area contributed by atoms with Crippen LogP contribution >= 0.6 is 0 Å². The lowest BCUT2D eigenvalue weighted by molar-refractivity contribution is -0.140. The lowest BCUT2D eigenvalue weighted by Crippen LogP contribution is -2.06. The molecule has 0 saturated carbocycles. The van der Waals surface area contributed by atoms with E-state index in [4.69, 9.17) is 0 Å². The number of hydrogen-bond acceptors (Lipinski definition) is 2. The average molecular weight is 341 g/mol. The average Bonchev–Trinajstić information content (AvgIpc) is 2.95. The number of imidazole rings is 1. The minimum Gasteiger partial charge on any atom is -0.328 e. The van der Waals surface area contributed by atoms with Gasteiger partial charge in [0.05, 0.1) is 0 Å². The van der Waals surface area contributed by atoms with Gasteiger partial charge in [0.2, 0.25) is 0 Å². The van der Waals surface area contributed by atoms with Crippen LogP contribution in [0.25, 0.3) is 11.4 Å². The molecule has 0 aliphatic carbocycles. The number of benzene rings is 1. The predicted molar refractivity (Wildman–Crippen MR) is 91.9 cm³/mol. The van der Waals surface area contributed by atoms with Crippen molar-refractivity contribution in [2.75, 3.05) is 7.05 Å². The summed E-state index contributed by atoms with van der Waals surface area (Å²) < 4.78 is 40.4. The fraction of sp³-hybridized carbons (Fsp3) is 0.500. The second-order valence-corrected chi connectivity index (χ2v) is 5.63. The minimum absolute atomic E-state index is 0.102. The maximum Gasteiger partial charge on any atom is 0.434 e. The van der Waals surface area contributed by atoms with Gasteiger partial charge >= 0.3 is 6.18 Å². The second kappa shape index (κ2) is 8.33. The highest BCUT2D eigenvalue weighted by atomic mass is 19.4. The number of rotatable bonds is 4. The molecule has 1 heterocycles. The Morgan fingerprint density at radius 2 is 1.83 bits per heavy atom. The van der Waals surface area contributed by atoms with Crippen molar-refractivity contribution in [3.05, 3.63) is 41.2 Å². The van der Waals surface area contributed by atoms with E-state index in [0.717, 1.165) is 22.9 Å². The van der Waals surface area contributed by atoms with E-state index in [-0.39, 0.29) is 6.04 Å². The van der Waals surface area contributed by atoms with Gasteiger partial charge in [-0.25, -0.2) is 4.98 Å². The Bertz CT molecular complexity index is 658. The first-order chi connectivity index (χ1) is 11.2. The molecule has 6 heteroatoms. The molecular weight excluding hydrogens is 315 g/mol. The van der Waals surface area contributed by atoms with Crippen LogP contribution in [0.15, 0.2) is 24.4 Å². The first-order valence-electron chi connectivity index (χ1n) is 8.14. The lowest BCUT2D eigenvalue weighted by atomic mass is 10.0. The van der Waals surface area contributed by atoms with Crippen LogP contribution in [0.1, 0.15) is 50.6 Å². The number of alkyl halides is 3. The van der Waals surface area contributed by atoms with Gasteiger partial charge in [0.25, 0.3) is 0 Å². The zero-order valence-corrected chi connectivity index (χ0v) is 15.1. The van der Waals surface area contributed by atoms with E-state index < -0.39 is 11.9 Å². The molecule has 0 aliphatic heterocycles. The maximum absolute atomic E-state index is 12.9. The Kier molecular flexibility index (Phi) is 7.02.